The molecule has 4 heteroatoms. The number of methoxy groups -OCH3 is 1. The van der Waals surface area contributed by atoms with Gasteiger partial charge in [0.2, 0.25) is 0 Å². The van der Waals surface area contributed by atoms with Gasteiger partial charge in [0.05, 0.1) is 7.11 Å². The van der Waals surface area contributed by atoms with Crippen LogP contribution in [0, 0.1) is 5.41 Å². The van der Waals surface area contributed by atoms with Crippen molar-refractivity contribution in [2.75, 3.05) is 40.8 Å². The van der Waals surface area contributed by atoms with E-state index >= 15 is 0 Å². The average Bonchev–Trinajstić information content (AvgIpc) is 2.10. The molecule has 1 aliphatic rings. The molecule has 0 aromatic carbocycles. The van der Waals surface area contributed by atoms with Crippen molar-refractivity contribution >= 4 is 5.97 Å². The number of esters is 1. The molecule has 0 radical (unpaired) electrons. The molecule has 1 rings (SSSR count). The van der Waals surface area contributed by atoms with E-state index in [4.69, 9.17) is 4.74 Å². The largest absolute Gasteiger partial charge is 0.468 e. The Balaban J connectivity index is 2.45. The second-order valence-electron chi connectivity index (χ2n) is 5.70. The summed E-state index contributed by atoms with van der Waals surface area (Å²) in [5.41, 5.74) is 0.205. The number of hydrogen-bond donors (Lipinski definition) is 0. The number of carbonyl (C=O) groups excluding carboxylic acids is 1. The SMILES string of the molecule is COC(=O)C1CCN1CC(C)(C)CN(C)C. The second-order valence-corrected chi connectivity index (χ2v) is 5.70. The molecule has 16 heavy (non-hydrogen) atoms. The van der Waals surface area contributed by atoms with E-state index in [1.165, 1.54) is 7.11 Å². The van der Waals surface area contributed by atoms with Gasteiger partial charge in [-0.15, -0.1) is 0 Å². The van der Waals surface area contributed by atoms with Gasteiger partial charge in [-0.05, 0) is 25.9 Å². The molecule has 4 nitrogen and oxygen atoms in total. The lowest BCUT2D eigenvalue weighted by atomic mass is 9.89. The Hall–Kier alpha value is -0.610. The number of likely N-dealkylation sites (tertiary alicyclic amines) is 1. The van der Waals surface area contributed by atoms with Gasteiger partial charge in [-0.2, -0.15) is 0 Å². The second kappa shape index (κ2) is 5.15. The summed E-state index contributed by atoms with van der Waals surface area (Å²) in [4.78, 5) is 15.8. The van der Waals surface area contributed by atoms with Crippen molar-refractivity contribution in [2.45, 2.75) is 26.3 Å². The third kappa shape index (κ3) is 3.46. The fraction of sp³-hybridized carbons (Fsp3) is 0.917. The maximum atomic E-state index is 11.4. The molecule has 0 saturated carbocycles. The Bertz CT molecular complexity index is 251. The molecule has 1 atom stereocenters. The van der Waals surface area contributed by atoms with Crippen LogP contribution in [-0.4, -0.2) is 62.7 Å². The van der Waals surface area contributed by atoms with E-state index in [1.807, 2.05) is 0 Å². The first-order chi connectivity index (χ1) is 7.35. The molecule has 0 aromatic heterocycles. The molecule has 1 saturated heterocycles. The van der Waals surface area contributed by atoms with E-state index in [0.717, 1.165) is 26.1 Å². The molecular weight excluding hydrogens is 204 g/mol. The van der Waals surface area contributed by atoms with Gasteiger partial charge in [0.25, 0.3) is 0 Å². The van der Waals surface area contributed by atoms with Crippen molar-refractivity contribution in [3.63, 3.8) is 0 Å². The summed E-state index contributed by atoms with van der Waals surface area (Å²) in [6.07, 6.45) is 0.935. The van der Waals surface area contributed by atoms with Gasteiger partial charge in [-0.3, -0.25) is 9.69 Å². The van der Waals surface area contributed by atoms with Crippen LogP contribution in [0.1, 0.15) is 20.3 Å². The Labute approximate surface area is 98.5 Å². The fourth-order valence-electron chi connectivity index (χ4n) is 2.49. The number of ether oxygens (including phenoxy) is 1. The smallest absolute Gasteiger partial charge is 0.323 e. The molecule has 1 heterocycles. The van der Waals surface area contributed by atoms with Gasteiger partial charge >= 0.3 is 5.97 Å². The van der Waals surface area contributed by atoms with E-state index in [2.05, 4.69) is 37.7 Å². The molecule has 0 spiro atoms. The van der Waals surface area contributed by atoms with E-state index in [-0.39, 0.29) is 17.4 Å². The minimum absolute atomic E-state index is 0.00793. The monoisotopic (exact) mass is 228 g/mol. The number of carbonyl (C=O) groups is 1. The zero-order valence-corrected chi connectivity index (χ0v) is 11.1. The van der Waals surface area contributed by atoms with Gasteiger partial charge in [0, 0.05) is 19.6 Å². The van der Waals surface area contributed by atoms with Crippen LogP contribution in [0.5, 0.6) is 0 Å². The van der Waals surface area contributed by atoms with Gasteiger partial charge in [0.1, 0.15) is 6.04 Å². The highest BCUT2D eigenvalue weighted by Crippen LogP contribution is 2.26. The topological polar surface area (TPSA) is 32.8 Å². The predicted molar refractivity (Wildman–Crippen MR) is 64.3 cm³/mol. The first kappa shape index (κ1) is 13.5. The number of rotatable bonds is 5. The number of hydrogen-bond acceptors (Lipinski definition) is 4. The molecule has 0 aliphatic carbocycles. The third-order valence-corrected chi connectivity index (χ3v) is 2.98. The lowest BCUT2D eigenvalue weighted by Crippen LogP contribution is -2.56. The summed E-state index contributed by atoms with van der Waals surface area (Å²) in [5, 5.41) is 0. The quantitative estimate of drug-likeness (QED) is 0.652. The van der Waals surface area contributed by atoms with Crippen molar-refractivity contribution in [2.24, 2.45) is 5.41 Å². The van der Waals surface area contributed by atoms with Crippen LogP contribution in [0.15, 0.2) is 0 Å². The zero-order chi connectivity index (χ0) is 12.3. The molecule has 94 valence electrons. The van der Waals surface area contributed by atoms with E-state index < -0.39 is 0 Å². The van der Waals surface area contributed by atoms with Gasteiger partial charge in [-0.25, -0.2) is 0 Å². The van der Waals surface area contributed by atoms with Crippen LogP contribution in [0.25, 0.3) is 0 Å². The van der Waals surface area contributed by atoms with Crippen molar-refractivity contribution < 1.29 is 9.53 Å². The fourth-order valence-corrected chi connectivity index (χ4v) is 2.49. The molecule has 1 aliphatic heterocycles. The van der Waals surface area contributed by atoms with Crippen molar-refractivity contribution in [1.29, 1.82) is 0 Å². The molecule has 1 unspecified atom stereocenters. The highest BCUT2D eigenvalue weighted by atomic mass is 16.5. The van der Waals surface area contributed by atoms with E-state index in [1.54, 1.807) is 0 Å². The molecule has 0 N–H and O–H groups in total. The summed E-state index contributed by atoms with van der Waals surface area (Å²) in [7, 11) is 5.62. The van der Waals surface area contributed by atoms with E-state index in [0.29, 0.717) is 0 Å². The van der Waals surface area contributed by atoms with Crippen LogP contribution in [-0.2, 0) is 9.53 Å². The highest BCUT2D eigenvalue weighted by Gasteiger charge is 2.37. The highest BCUT2D eigenvalue weighted by molar-refractivity contribution is 5.76. The lowest BCUT2D eigenvalue weighted by Gasteiger charge is -2.43. The summed E-state index contributed by atoms with van der Waals surface area (Å²) < 4.78 is 4.79. The normalized spacial score (nSPS) is 22.0. The first-order valence-corrected chi connectivity index (χ1v) is 5.82. The molecule has 0 aromatic rings. The van der Waals surface area contributed by atoms with Gasteiger partial charge < -0.3 is 9.64 Å². The van der Waals surface area contributed by atoms with Gasteiger partial charge in [-0.1, -0.05) is 13.8 Å². The maximum absolute atomic E-state index is 11.4. The Morgan fingerprint density at radius 1 is 1.50 bits per heavy atom. The van der Waals surface area contributed by atoms with Gasteiger partial charge in [0.15, 0.2) is 0 Å². The average molecular weight is 228 g/mol. The molecule has 0 amide bonds. The minimum Gasteiger partial charge on any atom is -0.468 e. The molecular formula is C12H24N2O2. The van der Waals surface area contributed by atoms with Crippen molar-refractivity contribution in [1.82, 2.24) is 9.80 Å². The van der Waals surface area contributed by atoms with Crippen molar-refractivity contribution in [3.05, 3.63) is 0 Å². The summed E-state index contributed by atoms with van der Waals surface area (Å²) in [5.74, 6) is -0.0908. The number of nitrogens with zero attached hydrogens (tertiary/aromatic N) is 2. The Morgan fingerprint density at radius 3 is 2.50 bits per heavy atom. The van der Waals surface area contributed by atoms with E-state index in [9.17, 15) is 4.79 Å². The van der Waals surface area contributed by atoms with Crippen molar-refractivity contribution in [3.8, 4) is 0 Å². The standard InChI is InChI=1S/C12H24N2O2/c1-12(2,8-13(3)4)9-14-7-6-10(14)11(15)16-5/h10H,6-9H2,1-5H3. The third-order valence-electron chi connectivity index (χ3n) is 2.98. The maximum Gasteiger partial charge on any atom is 0.323 e. The first-order valence-electron chi connectivity index (χ1n) is 5.82. The van der Waals surface area contributed by atoms with Crippen LogP contribution in [0.2, 0.25) is 0 Å². The van der Waals surface area contributed by atoms with Crippen LogP contribution in [0.3, 0.4) is 0 Å². The summed E-state index contributed by atoms with van der Waals surface area (Å²) >= 11 is 0. The van der Waals surface area contributed by atoms with Crippen LogP contribution < -0.4 is 0 Å². The Morgan fingerprint density at radius 2 is 2.12 bits per heavy atom. The predicted octanol–water partition coefficient (Wildman–Crippen LogP) is 0.821. The lowest BCUT2D eigenvalue weighted by molar-refractivity contribution is -0.153. The minimum atomic E-state index is -0.0908. The van der Waals surface area contributed by atoms with Crippen LogP contribution >= 0.6 is 0 Å². The molecule has 1 fully saturated rings. The van der Waals surface area contributed by atoms with Crippen LogP contribution in [0.4, 0.5) is 0 Å². The molecule has 0 bridgehead atoms. The zero-order valence-electron chi connectivity index (χ0n) is 11.1. The Kier molecular flexibility index (Phi) is 4.33. The summed E-state index contributed by atoms with van der Waals surface area (Å²) in [6.45, 7) is 7.46. The summed E-state index contributed by atoms with van der Waals surface area (Å²) in [6, 6.07) is -0.00793.